The Morgan fingerprint density at radius 1 is 1.12 bits per heavy atom. The minimum absolute atomic E-state index is 0.0697. The van der Waals surface area contributed by atoms with Gasteiger partial charge in [0, 0.05) is 55.4 Å². The minimum Gasteiger partial charge on any atom is -0.471 e. The number of aliphatic imine (C=N–C) groups is 1. The number of rotatable bonds is 7. The van der Waals surface area contributed by atoms with Crippen LogP contribution >= 0.6 is 0 Å². The number of amides is 1. The summed E-state index contributed by atoms with van der Waals surface area (Å²) < 4.78 is 29.8. The largest absolute Gasteiger partial charge is 0.471 e. The van der Waals surface area contributed by atoms with Crippen LogP contribution in [-0.4, -0.2) is 59.2 Å². The summed E-state index contributed by atoms with van der Waals surface area (Å²) in [4.78, 5) is 21.6. The molecule has 2 aliphatic heterocycles. The number of alkyl halides is 1. The lowest BCUT2D eigenvalue weighted by Crippen LogP contribution is -2.45. The molecule has 1 saturated carbocycles. The van der Waals surface area contributed by atoms with Gasteiger partial charge in [0.15, 0.2) is 5.76 Å². The molecule has 1 N–H and O–H groups in total. The number of hydrogen-bond donors (Lipinski definition) is 1. The highest BCUT2D eigenvalue weighted by Gasteiger charge is 2.31. The first-order valence-electron chi connectivity index (χ1n) is 13.3. The third-order valence-corrected chi connectivity index (χ3v) is 7.27. The Morgan fingerprint density at radius 2 is 1.98 bits per heavy atom. The molecule has 1 aromatic carbocycles. The summed E-state index contributed by atoms with van der Waals surface area (Å²) in [6, 6.07) is 13.1. The van der Waals surface area contributed by atoms with E-state index in [1.165, 1.54) is 6.20 Å². The van der Waals surface area contributed by atoms with Crippen molar-refractivity contribution in [1.82, 2.24) is 15.5 Å². The molecule has 1 atom stereocenters. The molecule has 1 aliphatic carbocycles. The predicted octanol–water partition coefficient (Wildman–Crippen LogP) is 4.03. The van der Waals surface area contributed by atoms with E-state index in [1.54, 1.807) is 19.2 Å². The zero-order chi connectivity index (χ0) is 27.5. The van der Waals surface area contributed by atoms with Gasteiger partial charge in [-0.25, -0.2) is 4.39 Å². The summed E-state index contributed by atoms with van der Waals surface area (Å²) in [7, 11) is 1.61. The number of pyridine rings is 1. The number of aromatic nitrogens is 2. The summed E-state index contributed by atoms with van der Waals surface area (Å²) in [5, 5.41) is 16.1. The second-order valence-electron chi connectivity index (χ2n) is 10.1. The van der Waals surface area contributed by atoms with Crippen LogP contribution in [0.15, 0.2) is 68.4 Å². The molecule has 0 spiro atoms. The third-order valence-electron chi connectivity index (χ3n) is 7.27. The lowest BCUT2D eigenvalue weighted by molar-refractivity contribution is 0.0860. The van der Waals surface area contributed by atoms with Gasteiger partial charge >= 0.3 is 0 Å². The van der Waals surface area contributed by atoms with Crippen molar-refractivity contribution in [1.29, 1.82) is 0 Å². The van der Waals surface area contributed by atoms with E-state index < -0.39 is 6.17 Å². The molecule has 206 valence electrons. The molecule has 40 heavy (non-hydrogen) atoms. The summed E-state index contributed by atoms with van der Waals surface area (Å²) in [5.74, 6) is 0.957. The summed E-state index contributed by atoms with van der Waals surface area (Å²) in [5.41, 5.74) is 5.15. The van der Waals surface area contributed by atoms with E-state index in [4.69, 9.17) is 19.0 Å². The van der Waals surface area contributed by atoms with E-state index >= 15 is 0 Å². The van der Waals surface area contributed by atoms with Crippen LogP contribution in [0.25, 0.3) is 0 Å². The lowest BCUT2D eigenvalue weighted by atomic mass is 9.87. The van der Waals surface area contributed by atoms with Crippen LogP contribution in [0, 0.1) is 5.92 Å². The van der Waals surface area contributed by atoms with E-state index in [1.807, 2.05) is 30.3 Å². The van der Waals surface area contributed by atoms with E-state index in [2.05, 4.69) is 25.7 Å². The van der Waals surface area contributed by atoms with Gasteiger partial charge in [-0.1, -0.05) is 23.4 Å². The number of ether oxygens (including phenoxy) is 2. The molecule has 6 rings (SSSR count). The fourth-order valence-electron chi connectivity index (χ4n) is 5.05. The molecule has 10 nitrogen and oxygen atoms in total. The fourth-order valence-corrected chi connectivity index (χ4v) is 5.05. The van der Waals surface area contributed by atoms with Crippen molar-refractivity contribution in [2.45, 2.75) is 51.1 Å². The van der Waals surface area contributed by atoms with Gasteiger partial charge in [-0.2, -0.15) is 10.2 Å². The molecule has 1 unspecified atom stereocenters. The Kier molecular flexibility index (Phi) is 7.45. The van der Waals surface area contributed by atoms with Crippen molar-refractivity contribution in [3.8, 4) is 0 Å². The number of nitrogens with one attached hydrogen (secondary N) is 1. The lowest BCUT2D eigenvalue weighted by Gasteiger charge is -2.30. The molecule has 3 aromatic rings. The van der Waals surface area contributed by atoms with Crippen molar-refractivity contribution in [3.05, 3.63) is 82.5 Å². The number of carbonyl (C=O) groups excluding carboxylic acids is 1. The van der Waals surface area contributed by atoms with Gasteiger partial charge in [-0.15, -0.1) is 0 Å². The standard InChI is InChI=1S/C29H29FN6O4/c1-38-16-22-13-26(36-40-22)27-17-8-9-31-29(24-5-3-2-4-23(24)25(10-17)34-35-27)39-15-20-7-6-18(14-32-20)28(37)33-21-11-19(30)12-21/h2-7,13-14,17,19,21H,8-12,15-16H2,1H3,(H,33,37)/b31-29+. The van der Waals surface area contributed by atoms with Crippen molar-refractivity contribution < 1.29 is 23.2 Å². The van der Waals surface area contributed by atoms with Gasteiger partial charge in [0.2, 0.25) is 5.90 Å². The topological polar surface area (TPSA) is 124 Å². The maximum Gasteiger partial charge on any atom is 0.253 e. The Hall–Kier alpha value is -4.25. The highest BCUT2D eigenvalue weighted by atomic mass is 19.1. The quantitative estimate of drug-likeness (QED) is 0.479. The molecular weight excluding hydrogens is 515 g/mol. The highest BCUT2D eigenvalue weighted by molar-refractivity contribution is 6.14. The molecule has 4 heterocycles. The molecule has 2 bridgehead atoms. The van der Waals surface area contributed by atoms with Crippen LogP contribution in [0.4, 0.5) is 4.39 Å². The number of fused-ring (bicyclic) bond motifs is 4. The first-order chi connectivity index (χ1) is 19.6. The Labute approximate surface area is 230 Å². The van der Waals surface area contributed by atoms with Gasteiger partial charge < -0.3 is 19.3 Å². The zero-order valence-corrected chi connectivity index (χ0v) is 22.0. The third kappa shape index (κ3) is 5.55. The fraction of sp³-hybridized carbons (Fsp3) is 0.379. The van der Waals surface area contributed by atoms with Gasteiger partial charge in [0.25, 0.3) is 5.91 Å². The molecule has 11 heteroatoms. The maximum atomic E-state index is 13.0. The number of carbonyl (C=O) groups is 1. The Bertz CT molecular complexity index is 1480. The highest BCUT2D eigenvalue weighted by Crippen LogP contribution is 2.28. The second-order valence-corrected chi connectivity index (χ2v) is 10.1. The SMILES string of the molecule is COCc1cc(C2=NN=C3CC2CC/N=C(/OCc2ccc(C(=O)NC4CC(F)C4)cn2)c2ccccc23)no1. The number of hydrogen-bond acceptors (Lipinski definition) is 9. The molecular formula is C29H29FN6O4. The summed E-state index contributed by atoms with van der Waals surface area (Å²) in [6.07, 6.45) is 2.85. The van der Waals surface area contributed by atoms with Gasteiger partial charge in [0.1, 0.15) is 25.1 Å². The summed E-state index contributed by atoms with van der Waals surface area (Å²) >= 11 is 0. The molecule has 3 aliphatic rings. The first-order valence-corrected chi connectivity index (χ1v) is 13.3. The number of benzene rings is 1. The molecule has 2 aromatic heterocycles. The number of nitrogens with zero attached hydrogens (tertiary/aromatic N) is 5. The maximum absolute atomic E-state index is 13.0. The first kappa shape index (κ1) is 26.0. The van der Waals surface area contributed by atoms with Crippen LogP contribution < -0.4 is 5.32 Å². The van der Waals surface area contributed by atoms with Gasteiger partial charge in [-0.3, -0.25) is 14.8 Å². The second kappa shape index (κ2) is 11.5. The molecule has 0 radical (unpaired) electrons. The van der Waals surface area contributed by atoms with Crippen LogP contribution in [0.5, 0.6) is 0 Å². The van der Waals surface area contributed by atoms with Gasteiger partial charge in [-0.05, 0) is 37.5 Å². The number of halogens is 1. The van der Waals surface area contributed by atoms with Crippen LogP contribution in [-0.2, 0) is 22.7 Å². The van der Waals surface area contributed by atoms with Crippen LogP contribution in [0.2, 0.25) is 0 Å². The van der Waals surface area contributed by atoms with E-state index in [0.29, 0.717) is 61.0 Å². The molecule has 1 fully saturated rings. The monoisotopic (exact) mass is 544 g/mol. The van der Waals surface area contributed by atoms with Crippen molar-refractivity contribution in [2.75, 3.05) is 13.7 Å². The van der Waals surface area contributed by atoms with E-state index in [-0.39, 0.29) is 24.5 Å². The Balaban J connectivity index is 1.17. The minimum atomic E-state index is -0.822. The zero-order valence-electron chi connectivity index (χ0n) is 22.0. The predicted molar refractivity (Wildman–Crippen MR) is 145 cm³/mol. The van der Waals surface area contributed by atoms with Gasteiger partial charge in [0.05, 0.1) is 22.7 Å². The Morgan fingerprint density at radius 3 is 2.75 bits per heavy atom. The van der Waals surface area contributed by atoms with E-state index in [0.717, 1.165) is 29.0 Å². The van der Waals surface area contributed by atoms with E-state index in [9.17, 15) is 9.18 Å². The van der Waals surface area contributed by atoms with Crippen LogP contribution in [0.3, 0.4) is 0 Å². The average molecular weight is 545 g/mol. The summed E-state index contributed by atoms with van der Waals surface area (Å²) in [6.45, 7) is 1.04. The molecule has 0 saturated heterocycles. The smallest absolute Gasteiger partial charge is 0.253 e. The normalized spacial score (nSPS) is 23.1. The number of methoxy groups -OCH3 is 1. The van der Waals surface area contributed by atoms with Crippen molar-refractivity contribution in [2.24, 2.45) is 21.1 Å². The molecule has 1 amide bonds. The van der Waals surface area contributed by atoms with Crippen LogP contribution in [0.1, 0.15) is 64.3 Å². The van der Waals surface area contributed by atoms with Crippen molar-refractivity contribution in [3.63, 3.8) is 0 Å². The average Bonchev–Trinajstić information content (AvgIpc) is 3.44. The van der Waals surface area contributed by atoms with Crippen molar-refractivity contribution >= 4 is 23.2 Å².